The number of carbonyl (C=O) groups excluding carboxylic acids is 3. The van der Waals surface area contributed by atoms with Crippen LogP contribution in [-0.4, -0.2) is 37.2 Å². The molecule has 0 aliphatic carbocycles. The zero-order chi connectivity index (χ0) is 46.5. The molecule has 0 aromatic rings. The standard InChI is InChI=1S/C58H102O6/c1-4-7-10-13-16-19-22-25-27-28-29-31-33-36-39-42-45-48-51-57(60)63-54-55(53-62-56(59)50-47-44-41-38-35-32-24-21-18-15-12-9-6-3)64-58(61)52-49-46-43-40-37-34-30-26-23-20-17-14-11-8-5-2/h8,11,14,17,20,23,26,30,32,35,55H,4-7,9-10,12-13,15-16,18-19,21-22,24-25,27-29,31,33-34,36-54H2,1-3H3/b11-8-,17-14-,23-20-,30-26-,35-32-. The van der Waals surface area contributed by atoms with Gasteiger partial charge in [-0.2, -0.15) is 0 Å². The highest BCUT2D eigenvalue weighted by atomic mass is 16.6. The Balaban J connectivity index is 4.39. The maximum absolute atomic E-state index is 12.8. The number of hydrogen-bond donors (Lipinski definition) is 0. The second-order valence-corrected chi connectivity index (χ2v) is 18.2. The van der Waals surface area contributed by atoms with Crippen molar-refractivity contribution in [3.05, 3.63) is 60.8 Å². The Hall–Kier alpha value is -2.89. The first-order chi connectivity index (χ1) is 31.5. The number of esters is 3. The molecule has 0 fully saturated rings. The number of rotatable bonds is 49. The molecule has 0 N–H and O–H groups in total. The predicted molar refractivity (Wildman–Crippen MR) is 275 cm³/mol. The highest BCUT2D eigenvalue weighted by Gasteiger charge is 2.19. The third kappa shape index (κ3) is 50.1. The molecule has 0 rings (SSSR count). The summed E-state index contributed by atoms with van der Waals surface area (Å²) in [6.45, 7) is 6.48. The highest BCUT2D eigenvalue weighted by molar-refractivity contribution is 5.71. The van der Waals surface area contributed by atoms with Gasteiger partial charge in [0.05, 0.1) is 0 Å². The van der Waals surface area contributed by atoms with Crippen molar-refractivity contribution in [3.8, 4) is 0 Å². The molecular formula is C58H102O6. The van der Waals surface area contributed by atoms with Gasteiger partial charge in [-0.05, 0) is 64.2 Å². The molecule has 64 heavy (non-hydrogen) atoms. The van der Waals surface area contributed by atoms with Crippen LogP contribution in [0, 0.1) is 0 Å². The normalized spacial score (nSPS) is 12.5. The maximum Gasteiger partial charge on any atom is 0.306 e. The molecule has 0 radical (unpaired) electrons. The molecule has 0 saturated carbocycles. The summed E-state index contributed by atoms with van der Waals surface area (Å²) in [7, 11) is 0. The molecule has 0 aromatic heterocycles. The van der Waals surface area contributed by atoms with Crippen LogP contribution in [0.3, 0.4) is 0 Å². The van der Waals surface area contributed by atoms with Crippen LogP contribution in [0.5, 0.6) is 0 Å². The molecule has 1 unspecified atom stereocenters. The van der Waals surface area contributed by atoms with E-state index in [0.29, 0.717) is 19.3 Å². The fourth-order valence-corrected chi connectivity index (χ4v) is 7.74. The van der Waals surface area contributed by atoms with Crippen molar-refractivity contribution in [2.24, 2.45) is 0 Å². The van der Waals surface area contributed by atoms with Gasteiger partial charge in [-0.1, -0.05) is 248 Å². The molecule has 0 spiro atoms. The van der Waals surface area contributed by atoms with E-state index in [2.05, 4.69) is 63.3 Å². The SMILES string of the molecule is CC\C=C/C=C\C=C/C=C\CCCCCCCC(=O)OC(COC(=O)CCCCC/C=C\CCCCCCCC)COC(=O)CCCCCCCCCCCCCCCCCCCC. The topological polar surface area (TPSA) is 78.9 Å². The Bertz CT molecular complexity index is 1170. The molecule has 1 atom stereocenters. The molecule has 0 aliphatic rings. The number of unbranched alkanes of at least 4 members (excludes halogenated alkanes) is 31. The van der Waals surface area contributed by atoms with Crippen LogP contribution in [0.25, 0.3) is 0 Å². The lowest BCUT2D eigenvalue weighted by molar-refractivity contribution is -0.167. The summed E-state index contributed by atoms with van der Waals surface area (Å²) in [5.41, 5.74) is 0. The van der Waals surface area contributed by atoms with E-state index in [1.807, 2.05) is 18.2 Å². The Morgan fingerprint density at radius 2 is 0.625 bits per heavy atom. The van der Waals surface area contributed by atoms with Crippen molar-refractivity contribution in [3.63, 3.8) is 0 Å². The molecule has 6 heteroatoms. The van der Waals surface area contributed by atoms with Gasteiger partial charge in [-0.25, -0.2) is 0 Å². The van der Waals surface area contributed by atoms with Gasteiger partial charge in [-0.15, -0.1) is 0 Å². The summed E-state index contributed by atoms with van der Waals surface area (Å²) in [5.74, 6) is -0.918. The quantitative estimate of drug-likeness (QED) is 0.0199. The molecule has 0 bridgehead atoms. The number of carbonyl (C=O) groups is 3. The summed E-state index contributed by atoms with van der Waals surface area (Å²) in [5, 5.41) is 0. The monoisotopic (exact) mass is 895 g/mol. The van der Waals surface area contributed by atoms with Gasteiger partial charge in [-0.3, -0.25) is 14.4 Å². The Morgan fingerprint density at radius 3 is 1.02 bits per heavy atom. The lowest BCUT2D eigenvalue weighted by Gasteiger charge is -2.18. The maximum atomic E-state index is 12.8. The van der Waals surface area contributed by atoms with Gasteiger partial charge in [0, 0.05) is 19.3 Å². The molecule has 0 aliphatic heterocycles. The second-order valence-electron chi connectivity index (χ2n) is 18.2. The zero-order valence-corrected chi connectivity index (χ0v) is 42.3. The average Bonchev–Trinajstić information content (AvgIpc) is 3.29. The average molecular weight is 895 g/mol. The van der Waals surface area contributed by atoms with Crippen LogP contribution in [0.1, 0.15) is 271 Å². The van der Waals surface area contributed by atoms with E-state index in [9.17, 15) is 14.4 Å². The van der Waals surface area contributed by atoms with Gasteiger partial charge in [0.2, 0.25) is 0 Å². The summed E-state index contributed by atoms with van der Waals surface area (Å²) in [6, 6.07) is 0. The van der Waals surface area contributed by atoms with Crippen molar-refractivity contribution in [1.29, 1.82) is 0 Å². The van der Waals surface area contributed by atoms with E-state index < -0.39 is 6.10 Å². The van der Waals surface area contributed by atoms with Crippen LogP contribution < -0.4 is 0 Å². The van der Waals surface area contributed by atoms with Gasteiger partial charge in [0.25, 0.3) is 0 Å². The fraction of sp³-hybridized carbons (Fsp3) is 0.776. The van der Waals surface area contributed by atoms with E-state index in [-0.39, 0.29) is 31.1 Å². The zero-order valence-electron chi connectivity index (χ0n) is 42.3. The van der Waals surface area contributed by atoms with E-state index in [1.54, 1.807) is 0 Å². The van der Waals surface area contributed by atoms with Crippen LogP contribution in [-0.2, 0) is 28.6 Å². The van der Waals surface area contributed by atoms with E-state index in [0.717, 1.165) is 96.3 Å². The first kappa shape index (κ1) is 61.1. The van der Waals surface area contributed by atoms with Crippen LogP contribution in [0.2, 0.25) is 0 Å². The van der Waals surface area contributed by atoms with Gasteiger partial charge in [0.15, 0.2) is 6.10 Å². The van der Waals surface area contributed by atoms with Crippen molar-refractivity contribution in [2.75, 3.05) is 13.2 Å². The summed E-state index contributed by atoms with van der Waals surface area (Å²) in [6.07, 6.45) is 64.9. The van der Waals surface area contributed by atoms with E-state index in [4.69, 9.17) is 14.2 Å². The second kappa shape index (κ2) is 52.7. The number of allylic oxidation sites excluding steroid dienone is 10. The van der Waals surface area contributed by atoms with Crippen molar-refractivity contribution in [1.82, 2.24) is 0 Å². The van der Waals surface area contributed by atoms with Gasteiger partial charge >= 0.3 is 17.9 Å². The Kier molecular flexibility index (Phi) is 50.4. The molecule has 0 amide bonds. The Labute approximate surface area is 396 Å². The van der Waals surface area contributed by atoms with Crippen LogP contribution in [0.4, 0.5) is 0 Å². The summed E-state index contributed by atoms with van der Waals surface area (Å²) < 4.78 is 16.8. The molecule has 0 aromatic carbocycles. The fourth-order valence-electron chi connectivity index (χ4n) is 7.74. The predicted octanol–water partition coefficient (Wildman–Crippen LogP) is 18.0. The van der Waals surface area contributed by atoms with Gasteiger partial charge in [0.1, 0.15) is 13.2 Å². The van der Waals surface area contributed by atoms with E-state index >= 15 is 0 Å². The molecule has 370 valence electrons. The lowest BCUT2D eigenvalue weighted by atomic mass is 10.0. The Morgan fingerprint density at radius 1 is 0.328 bits per heavy atom. The minimum Gasteiger partial charge on any atom is -0.462 e. The minimum atomic E-state index is -0.790. The van der Waals surface area contributed by atoms with Crippen LogP contribution in [0.15, 0.2) is 60.8 Å². The highest BCUT2D eigenvalue weighted by Crippen LogP contribution is 2.16. The first-order valence-corrected chi connectivity index (χ1v) is 27.3. The third-order valence-electron chi connectivity index (χ3n) is 11.9. The molecule has 0 heterocycles. The molecular weight excluding hydrogens is 793 g/mol. The lowest BCUT2D eigenvalue weighted by Crippen LogP contribution is -2.30. The van der Waals surface area contributed by atoms with Crippen LogP contribution >= 0.6 is 0 Å². The smallest absolute Gasteiger partial charge is 0.306 e. The minimum absolute atomic E-state index is 0.0864. The van der Waals surface area contributed by atoms with E-state index in [1.165, 1.54) is 135 Å². The molecule has 0 saturated heterocycles. The van der Waals surface area contributed by atoms with Crippen molar-refractivity contribution < 1.29 is 28.6 Å². The van der Waals surface area contributed by atoms with Crippen molar-refractivity contribution >= 4 is 17.9 Å². The van der Waals surface area contributed by atoms with Crippen molar-refractivity contribution in [2.45, 2.75) is 277 Å². The number of ether oxygens (including phenoxy) is 3. The molecule has 6 nitrogen and oxygen atoms in total. The summed E-state index contributed by atoms with van der Waals surface area (Å²) in [4.78, 5) is 38.0. The summed E-state index contributed by atoms with van der Waals surface area (Å²) >= 11 is 0. The van der Waals surface area contributed by atoms with Gasteiger partial charge < -0.3 is 14.2 Å². The largest absolute Gasteiger partial charge is 0.462 e. The third-order valence-corrected chi connectivity index (χ3v) is 11.9. The first-order valence-electron chi connectivity index (χ1n) is 27.3. The number of hydrogen-bond acceptors (Lipinski definition) is 6.